The number of fused-ring (bicyclic) bond motifs is 1. The molecule has 1 heterocycles. The number of nitro benzene ring substituents is 1. The van der Waals surface area contributed by atoms with E-state index >= 15 is 0 Å². The summed E-state index contributed by atoms with van der Waals surface area (Å²) in [4.78, 5) is 30.6. The van der Waals surface area contributed by atoms with E-state index in [2.05, 4.69) is 9.98 Å². The third-order valence-electron chi connectivity index (χ3n) is 4.14. The second kappa shape index (κ2) is 6.30. The lowest BCUT2D eigenvalue weighted by atomic mass is 10.00. The summed E-state index contributed by atoms with van der Waals surface area (Å²) in [5.74, 6) is -1.05. The van der Waals surface area contributed by atoms with Crippen molar-refractivity contribution in [2.45, 2.75) is 32.0 Å². The number of nitrogens with two attached hydrogens (primary N) is 1. The Morgan fingerprint density at radius 3 is 2.38 bits per heavy atom. The number of carboxylic acids is 1. The molecule has 0 fully saturated rings. The van der Waals surface area contributed by atoms with Gasteiger partial charge in [0.2, 0.25) is 0 Å². The number of benzene rings is 2. The number of carboxylic acid groups (broad SMARTS) is 1. The summed E-state index contributed by atoms with van der Waals surface area (Å²) in [6, 6.07) is 9.38. The molecular formula is C18H18N4O4. The van der Waals surface area contributed by atoms with E-state index in [0.717, 1.165) is 16.7 Å². The fraction of sp³-hybridized carbons (Fsp3) is 0.278. The smallest absolute Gasteiger partial charge is 0.320 e. The molecule has 0 radical (unpaired) electrons. The maximum absolute atomic E-state index is 11.3. The van der Waals surface area contributed by atoms with Crippen LogP contribution in [0.15, 0.2) is 46.4 Å². The fourth-order valence-electron chi connectivity index (χ4n) is 2.91. The molecule has 0 aromatic heterocycles. The molecule has 0 spiro atoms. The van der Waals surface area contributed by atoms with Crippen LogP contribution in [0, 0.1) is 10.1 Å². The molecule has 3 rings (SSSR count). The van der Waals surface area contributed by atoms with Crippen molar-refractivity contribution in [3.8, 4) is 11.1 Å². The first-order valence-corrected chi connectivity index (χ1v) is 8.03. The molecule has 1 aliphatic rings. The highest BCUT2D eigenvalue weighted by Gasteiger charge is 2.25. The third kappa shape index (κ3) is 3.31. The van der Waals surface area contributed by atoms with Crippen molar-refractivity contribution in [3.63, 3.8) is 0 Å². The SMILES string of the molecule is CC1(C)N=c2c(-c3ccc(CC(N)C(=O)O)cc3)ccc([N+](=O)[O-])c2=N1. The zero-order valence-corrected chi connectivity index (χ0v) is 14.3. The Bertz CT molecular complexity index is 1010. The van der Waals surface area contributed by atoms with Crippen molar-refractivity contribution in [3.05, 3.63) is 62.8 Å². The van der Waals surface area contributed by atoms with Crippen molar-refractivity contribution in [2.75, 3.05) is 0 Å². The van der Waals surface area contributed by atoms with Crippen LogP contribution in [-0.4, -0.2) is 27.7 Å². The Kier molecular flexibility index (Phi) is 4.29. The molecule has 26 heavy (non-hydrogen) atoms. The Hall–Kier alpha value is -3.13. The van der Waals surface area contributed by atoms with Gasteiger partial charge in [-0.2, -0.15) is 0 Å². The highest BCUT2D eigenvalue weighted by Crippen LogP contribution is 2.21. The van der Waals surface area contributed by atoms with Crippen molar-refractivity contribution >= 4 is 11.7 Å². The molecule has 0 amide bonds. The summed E-state index contributed by atoms with van der Waals surface area (Å²) in [6.45, 7) is 3.58. The van der Waals surface area contributed by atoms with Gasteiger partial charge >= 0.3 is 5.97 Å². The largest absolute Gasteiger partial charge is 0.480 e. The number of rotatable bonds is 5. The molecule has 1 unspecified atom stereocenters. The third-order valence-corrected chi connectivity index (χ3v) is 4.14. The molecule has 0 saturated carbocycles. The summed E-state index contributed by atoms with van der Waals surface area (Å²) in [5, 5.41) is 21.0. The number of non-ortho nitro benzene ring substituents is 1. The van der Waals surface area contributed by atoms with Crippen LogP contribution in [0.25, 0.3) is 11.1 Å². The molecule has 1 atom stereocenters. The molecule has 2 aromatic rings. The number of aliphatic carboxylic acids is 1. The zero-order valence-electron chi connectivity index (χ0n) is 14.3. The van der Waals surface area contributed by atoms with E-state index < -0.39 is 22.6 Å². The van der Waals surface area contributed by atoms with Gasteiger partial charge in [-0.3, -0.25) is 19.9 Å². The number of carbonyl (C=O) groups is 1. The van der Waals surface area contributed by atoms with Crippen molar-refractivity contribution in [2.24, 2.45) is 15.7 Å². The molecule has 0 bridgehead atoms. The van der Waals surface area contributed by atoms with Gasteiger partial charge in [-0.15, -0.1) is 0 Å². The highest BCUT2D eigenvalue weighted by molar-refractivity contribution is 5.73. The van der Waals surface area contributed by atoms with Crippen LogP contribution >= 0.6 is 0 Å². The van der Waals surface area contributed by atoms with Crippen molar-refractivity contribution in [1.29, 1.82) is 0 Å². The van der Waals surface area contributed by atoms with Gasteiger partial charge in [0.05, 0.1) is 4.92 Å². The molecule has 0 saturated heterocycles. The predicted molar refractivity (Wildman–Crippen MR) is 94.2 cm³/mol. The van der Waals surface area contributed by atoms with Crippen LogP contribution in [0.2, 0.25) is 0 Å². The van der Waals surface area contributed by atoms with Crippen LogP contribution in [0.5, 0.6) is 0 Å². The zero-order chi connectivity index (χ0) is 19.1. The molecule has 134 valence electrons. The molecule has 3 N–H and O–H groups in total. The molecule has 8 heteroatoms. The minimum atomic E-state index is -1.05. The monoisotopic (exact) mass is 354 g/mol. The van der Waals surface area contributed by atoms with E-state index in [1.165, 1.54) is 6.07 Å². The first kappa shape index (κ1) is 17.7. The Morgan fingerprint density at radius 2 is 1.81 bits per heavy atom. The Balaban J connectivity index is 2.05. The summed E-state index contributed by atoms with van der Waals surface area (Å²) in [5.41, 5.74) is 7.10. The number of nitro groups is 1. The number of hydrogen-bond acceptors (Lipinski definition) is 6. The molecule has 0 aliphatic carbocycles. The van der Waals surface area contributed by atoms with E-state index in [1.807, 2.05) is 12.1 Å². The van der Waals surface area contributed by atoms with Gasteiger partial charge in [0, 0.05) is 11.6 Å². The minimum Gasteiger partial charge on any atom is -0.480 e. The van der Waals surface area contributed by atoms with Crippen LogP contribution < -0.4 is 16.4 Å². The van der Waals surface area contributed by atoms with Crippen molar-refractivity contribution < 1.29 is 14.8 Å². The lowest BCUT2D eigenvalue weighted by Crippen LogP contribution is -2.32. The lowest BCUT2D eigenvalue weighted by Gasteiger charge is -2.08. The maximum Gasteiger partial charge on any atom is 0.320 e. The molecular weight excluding hydrogens is 336 g/mol. The standard InChI is InChI=1S/C18H18N4O4/c1-18(2)20-15-12(7-8-14(22(25)26)16(15)21-18)11-5-3-10(4-6-11)9-13(19)17(23)24/h3-8,13H,9,19H2,1-2H3,(H,23,24). The fourth-order valence-corrected chi connectivity index (χ4v) is 2.91. The Morgan fingerprint density at radius 1 is 1.19 bits per heavy atom. The van der Waals surface area contributed by atoms with Gasteiger partial charge in [0.15, 0.2) is 5.36 Å². The van der Waals surface area contributed by atoms with Gasteiger partial charge in [0.25, 0.3) is 5.69 Å². The summed E-state index contributed by atoms with van der Waals surface area (Å²) >= 11 is 0. The van der Waals surface area contributed by atoms with Gasteiger partial charge in [-0.05, 0) is 37.5 Å². The van der Waals surface area contributed by atoms with Gasteiger partial charge in [-0.25, -0.2) is 4.99 Å². The summed E-state index contributed by atoms with van der Waals surface area (Å²) in [6.07, 6.45) is 0.223. The minimum absolute atomic E-state index is 0.0675. The normalized spacial score (nSPS) is 15.5. The van der Waals surface area contributed by atoms with E-state index in [4.69, 9.17) is 10.8 Å². The van der Waals surface area contributed by atoms with E-state index in [0.29, 0.717) is 5.36 Å². The lowest BCUT2D eigenvalue weighted by molar-refractivity contribution is -0.386. The van der Waals surface area contributed by atoms with Gasteiger partial charge in [0.1, 0.15) is 17.1 Å². The van der Waals surface area contributed by atoms with E-state index in [9.17, 15) is 14.9 Å². The first-order chi connectivity index (χ1) is 12.2. The molecule has 1 aliphatic heterocycles. The highest BCUT2D eigenvalue weighted by atomic mass is 16.6. The summed E-state index contributed by atoms with van der Waals surface area (Å²) in [7, 11) is 0. The van der Waals surface area contributed by atoms with Crippen LogP contribution in [0.3, 0.4) is 0 Å². The van der Waals surface area contributed by atoms with Crippen LogP contribution in [-0.2, 0) is 11.2 Å². The number of nitrogens with zero attached hydrogens (tertiary/aromatic N) is 3. The Labute approximate surface area is 148 Å². The average Bonchev–Trinajstić information content (AvgIpc) is 2.89. The second-order valence-corrected chi connectivity index (χ2v) is 6.65. The van der Waals surface area contributed by atoms with Gasteiger partial charge in [-0.1, -0.05) is 24.3 Å². The van der Waals surface area contributed by atoms with E-state index in [1.54, 1.807) is 32.0 Å². The predicted octanol–water partition coefficient (Wildman–Crippen LogP) is 1.21. The molecule has 2 aromatic carbocycles. The van der Waals surface area contributed by atoms with Crippen LogP contribution in [0.1, 0.15) is 19.4 Å². The van der Waals surface area contributed by atoms with Crippen molar-refractivity contribution in [1.82, 2.24) is 0 Å². The topological polar surface area (TPSA) is 131 Å². The quantitative estimate of drug-likeness (QED) is 0.615. The van der Waals surface area contributed by atoms with Gasteiger partial charge < -0.3 is 10.8 Å². The van der Waals surface area contributed by atoms with Crippen LogP contribution in [0.4, 0.5) is 5.69 Å². The average molecular weight is 354 g/mol. The van der Waals surface area contributed by atoms with E-state index in [-0.39, 0.29) is 17.5 Å². The second-order valence-electron chi connectivity index (χ2n) is 6.65. The number of hydrogen-bond donors (Lipinski definition) is 2. The maximum atomic E-state index is 11.3. The molecule has 8 nitrogen and oxygen atoms in total. The first-order valence-electron chi connectivity index (χ1n) is 8.03. The summed E-state index contributed by atoms with van der Waals surface area (Å²) < 4.78 is 0.